The first kappa shape index (κ1) is 13.6. The maximum Gasteiger partial charge on any atom is 0.0205 e. The average Bonchev–Trinajstić information content (AvgIpc) is 2.35. The Labute approximate surface area is 104 Å². The number of hydrogen-bond acceptors (Lipinski definition) is 2. The van der Waals surface area contributed by atoms with Gasteiger partial charge in [-0.1, -0.05) is 32.9 Å². The topological polar surface area (TPSA) is 12.0 Å². The zero-order valence-corrected chi connectivity index (χ0v) is 11.4. The lowest BCUT2D eigenvalue weighted by atomic mass is 10.2. The van der Waals surface area contributed by atoms with Crippen LogP contribution in [0.25, 0.3) is 0 Å². The highest BCUT2D eigenvalue weighted by atomic mass is 32.2. The van der Waals surface area contributed by atoms with Crippen molar-refractivity contribution in [3.05, 3.63) is 29.8 Å². The molecule has 1 aromatic rings. The van der Waals surface area contributed by atoms with Gasteiger partial charge in [-0.3, -0.25) is 0 Å². The van der Waals surface area contributed by atoms with Crippen LogP contribution in [0, 0.1) is 0 Å². The summed E-state index contributed by atoms with van der Waals surface area (Å²) in [5.74, 6) is 0. The molecule has 2 heteroatoms. The number of hydrogen-bond donors (Lipinski definition) is 1. The van der Waals surface area contributed by atoms with Crippen molar-refractivity contribution in [2.24, 2.45) is 0 Å². The Morgan fingerprint density at radius 3 is 2.19 bits per heavy atom. The van der Waals surface area contributed by atoms with Crippen LogP contribution in [0.4, 0.5) is 0 Å². The van der Waals surface area contributed by atoms with Crippen LogP contribution in [0.3, 0.4) is 0 Å². The van der Waals surface area contributed by atoms with Gasteiger partial charge in [0.15, 0.2) is 0 Å². The summed E-state index contributed by atoms with van der Waals surface area (Å²) >= 11 is 2.00. The molecule has 0 saturated heterocycles. The van der Waals surface area contributed by atoms with E-state index in [2.05, 4.69) is 50.4 Å². The van der Waals surface area contributed by atoms with Crippen LogP contribution in [0.1, 0.15) is 39.2 Å². The van der Waals surface area contributed by atoms with Crippen LogP contribution in [0.15, 0.2) is 29.2 Å². The Morgan fingerprint density at radius 2 is 1.69 bits per heavy atom. The molecule has 0 bridgehead atoms. The first-order valence-corrected chi connectivity index (χ1v) is 7.14. The fraction of sp³-hybridized carbons (Fsp3) is 0.571. The van der Waals surface area contributed by atoms with E-state index in [1.165, 1.54) is 23.3 Å². The highest BCUT2D eigenvalue weighted by Gasteiger charge is 2.05. The zero-order valence-electron chi connectivity index (χ0n) is 10.6. The van der Waals surface area contributed by atoms with Gasteiger partial charge in [-0.25, -0.2) is 0 Å². The van der Waals surface area contributed by atoms with Gasteiger partial charge in [0.05, 0.1) is 0 Å². The first-order valence-electron chi connectivity index (χ1n) is 6.26. The molecule has 0 unspecified atom stereocenters. The van der Waals surface area contributed by atoms with Crippen LogP contribution < -0.4 is 5.32 Å². The van der Waals surface area contributed by atoms with E-state index < -0.39 is 0 Å². The SMILES string of the molecule is CCNCc1ccc(SC(CC)CC)cc1. The molecule has 1 rings (SSSR count). The molecule has 0 aromatic heterocycles. The van der Waals surface area contributed by atoms with Gasteiger partial charge in [0.2, 0.25) is 0 Å². The van der Waals surface area contributed by atoms with Crippen molar-refractivity contribution in [2.45, 2.75) is 50.3 Å². The maximum absolute atomic E-state index is 3.34. The highest BCUT2D eigenvalue weighted by Crippen LogP contribution is 2.27. The number of thioether (sulfide) groups is 1. The molecule has 0 aliphatic heterocycles. The van der Waals surface area contributed by atoms with Crippen molar-refractivity contribution in [3.8, 4) is 0 Å². The molecule has 0 radical (unpaired) electrons. The molecule has 1 aromatic carbocycles. The van der Waals surface area contributed by atoms with E-state index in [0.29, 0.717) is 0 Å². The molecular formula is C14H23NS. The summed E-state index contributed by atoms with van der Waals surface area (Å²) in [7, 11) is 0. The van der Waals surface area contributed by atoms with Crippen LogP contribution in [0.5, 0.6) is 0 Å². The minimum Gasteiger partial charge on any atom is -0.313 e. The van der Waals surface area contributed by atoms with Gasteiger partial charge in [0, 0.05) is 16.7 Å². The summed E-state index contributed by atoms with van der Waals surface area (Å²) < 4.78 is 0. The zero-order chi connectivity index (χ0) is 11.8. The molecule has 0 fully saturated rings. The Kier molecular flexibility index (Phi) is 6.58. The normalized spacial score (nSPS) is 11.0. The van der Waals surface area contributed by atoms with Crippen LogP contribution in [0.2, 0.25) is 0 Å². The second-order valence-electron chi connectivity index (χ2n) is 3.98. The third kappa shape index (κ3) is 4.58. The van der Waals surface area contributed by atoms with Gasteiger partial charge in [0.1, 0.15) is 0 Å². The van der Waals surface area contributed by atoms with E-state index in [1.807, 2.05) is 11.8 Å². The van der Waals surface area contributed by atoms with Crippen LogP contribution in [-0.2, 0) is 6.54 Å². The smallest absolute Gasteiger partial charge is 0.0205 e. The van der Waals surface area contributed by atoms with Gasteiger partial charge in [0.25, 0.3) is 0 Å². The highest BCUT2D eigenvalue weighted by molar-refractivity contribution is 8.00. The molecule has 90 valence electrons. The van der Waals surface area contributed by atoms with Gasteiger partial charge >= 0.3 is 0 Å². The summed E-state index contributed by atoms with van der Waals surface area (Å²) in [5.41, 5.74) is 1.37. The van der Waals surface area contributed by atoms with Crippen molar-refractivity contribution in [2.75, 3.05) is 6.54 Å². The van der Waals surface area contributed by atoms with E-state index in [9.17, 15) is 0 Å². The quantitative estimate of drug-likeness (QED) is 0.717. The lowest BCUT2D eigenvalue weighted by Crippen LogP contribution is -2.11. The number of nitrogens with one attached hydrogen (secondary N) is 1. The standard InChI is InChI=1S/C14H23NS/c1-4-13(5-2)16-14-9-7-12(8-10-14)11-15-6-3/h7-10,13,15H,4-6,11H2,1-3H3. The minimum absolute atomic E-state index is 0.764. The molecule has 0 amide bonds. The van der Waals surface area contributed by atoms with Gasteiger partial charge < -0.3 is 5.32 Å². The van der Waals surface area contributed by atoms with Crippen molar-refractivity contribution in [3.63, 3.8) is 0 Å². The second-order valence-corrected chi connectivity index (χ2v) is 5.35. The van der Waals surface area contributed by atoms with Crippen molar-refractivity contribution in [1.82, 2.24) is 5.32 Å². The van der Waals surface area contributed by atoms with E-state index >= 15 is 0 Å². The third-order valence-corrected chi connectivity index (χ3v) is 4.26. The molecule has 0 saturated carbocycles. The Bertz CT molecular complexity index is 277. The third-order valence-electron chi connectivity index (χ3n) is 2.72. The van der Waals surface area contributed by atoms with E-state index in [1.54, 1.807) is 0 Å². The number of benzene rings is 1. The first-order chi connectivity index (χ1) is 7.80. The van der Waals surface area contributed by atoms with E-state index in [0.717, 1.165) is 18.3 Å². The molecule has 1 nitrogen and oxygen atoms in total. The summed E-state index contributed by atoms with van der Waals surface area (Å²) in [6.45, 7) is 8.68. The summed E-state index contributed by atoms with van der Waals surface area (Å²) in [6, 6.07) is 8.95. The molecule has 0 aliphatic carbocycles. The van der Waals surface area contributed by atoms with Gasteiger partial charge in [-0.05, 0) is 37.1 Å². The predicted molar refractivity (Wildman–Crippen MR) is 74.0 cm³/mol. The second kappa shape index (κ2) is 7.75. The van der Waals surface area contributed by atoms with Crippen LogP contribution in [-0.4, -0.2) is 11.8 Å². The number of rotatable bonds is 7. The molecule has 16 heavy (non-hydrogen) atoms. The van der Waals surface area contributed by atoms with E-state index in [4.69, 9.17) is 0 Å². The Hall–Kier alpha value is -0.470. The molecule has 0 heterocycles. The lowest BCUT2D eigenvalue weighted by Gasteiger charge is -2.12. The molecular weight excluding hydrogens is 214 g/mol. The maximum atomic E-state index is 3.34. The Morgan fingerprint density at radius 1 is 1.06 bits per heavy atom. The Balaban J connectivity index is 2.50. The van der Waals surface area contributed by atoms with Crippen LogP contribution >= 0.6 is 11.8 Å². The monoisotopic (exact) mass is 237 g/mol. The van der Waals surface area contributed by atoms with E-state index in [-0.39, 0.29) is 0 Å². The minimum atomic E-state index is 0.764. The van der Waals surface area contributed by atoms with Gasteiger partial charge in [-0.15, -0.1) is 11.8 Å². The lowest BCUT2D eigenvalue weighted by molar-refractivity contribution is 0.726. The molecule has 1 N–H and O–H groups in total. The van der Waals surface area contributed by atoms with Crippen molar-refractivity contribution in [1.29, 1.82) is 0 Å². The fourth-order valence-electron chi connectivity index (χ4n) is 1.60. The molecule has 0 aliphatic rings. The average molecular weight is 237 g/mol. The summed E-state index contributed by atoms with van der Waals surface area (Å²) in [6.07, 6.45) is 2.50. The van der Waals surface area contributed by atoms with Gasteiger partial charge in [-0.2, -0.15) is 0 Å². The summed E-state index contributed by atoms with van der Waals surface area (Å²) in [5, 5.41) is 4.10. The molecule has 0 atom stereocenters. The predicted octanol–water partition coefficient (Wildman–Crippen LogP) is 4.08. The van der Waals surface area contributed by atoms with Crippen molar-refractivity contribution < 1.29 is 0 Å². The summed E-state index contributed by atoms with van der Waals surface area (Å²) in [4.78, 5) is 1.40. The fourth-order valence-corrected chi connectivity index (χ4v) is 2.61. The molecule has 0 spiro atoms. The van der Waals surface area contributed by atoms with Crippen molar-refractivity contribution >= 4 is 11.8 Å². The largest absolute Gasteiger partial charge is 0.313 e.